The Hall–Kier alpha value is -0.520. The summed E-state index contributed by atoms with van der Waals surface area (Å²) in [7, 11) is 0. The summed E-state index contributed by atoms with van der Waals surface area (Å²) in [6.07, 6.45) is 8.35. The molecule has 1 atom stereocenters. The molecule has 0 aromatic rings. The van der Waals surface area contributed by atoms with E-state index in [9.17, 15) is 0 Å². The molecule has 0 aliphatic carbocycles. The lowest BCUT2D eigenvalue weighted by molar-refractivity contribution is 0.635. The molecule has 0 heterocycles. The summed E-state index contributed by atoms with van der Waals surface area (Å²) in [5, 5.41) is 0. The third kappa shape index (κ3) is 17.5. The van der Waals surface area contributed by atoms with Crippen molar-refractivity contribution in [2.45, 2.75) is 59.8 Å². The number of rotatable bonds is 6. The van der Waals surface area contributed by atoms with Crippen molar-refractivity contribution >= 4 is 0 Å². The highest BCUT2D eigenvalue weighted by atomic mass is 13.9. The summed E-state index contributed by atoms with van der Waals surface area (Å²) in [6.45, 7) is 16.1. The van der Waals surface area contributed by atoms with E-state index >= 15 is 0 Å². The van der Waals surface area contributed by atoms with Crippen LogP contribution < -0.4 is 0 Å². The largest absolute Gasteiger partial charge is 0.103 e. The average molecular weight is 196 g/mol. The third-order valence-electron chi connectivity index (χ3n) is 2.10. The molecule has 0 nitrogen and oxygen atoms in total. The molecule has 14 heavy (non-hydrogen) atoms. The van der Waals surface area contributed by atoms with Crippen LogP contribution in [-0.2, 0) is 0 Å². The minimum Gasteiger partial charge on any atom is -0.103 e. The van der Waals surface area contributed by atoms with Crippen LogP contribution in [0.5, 0.6) is 0 Å². The van der Waals surface area contributed by atoms with Crippen molar-refractivity contribution in [3.8, 4) is 0 Å². The molecule has 0 amide bonds. The zero-order valence-corrected chi connectivity index (χ0v) is 10.6. The summed E-state index contributed by atoms with van der Waals surface area (Å²) in [4.78, 5) is 0. The summed E-state index contributed by atoms with van der Waals surface area (Å²) >= 11 is 0. The predicted molar refractivity (Wildman–Crippen MR) is 68.6 cm³/mol. The zero-order valence-electron chi connectivity index (χ0n) is 10.6. The van der Waals surface area contributed by atoms with Gasteiger partial charge in [0.2, 0.25) is 0 Å². The molecule has 0 heteroatoms. The first kappa shape index (κ1) is 15.9. The van der Waals surface area contributed by atoms with E-state index in [2.05, 4.69) is 40.9 Å². The molecule has 0 aliphatic rings. The Morgan fingerprint density at radius 1 is 1.29 bits per heavy atom. The SMILES string of the molecule is C=C(C)CCCC.C=CC(C)CCC. The lowest BCUT2D eigenvalue weighted by Crippen LogP contribution is -1.84. The predicted octanol–water partition coefficient (Wildman–Crippen LogP) is 5.36. The van der Waals surface area contributed by atoms with Gasteiger partial charge in [-0.05, 0) is 32.1 Å². The number of unbranched alkanes of at least 4 members (excludes halogenated alkanes) is 1. The van der Waals surface area contributed by atoms with Crippen molar-refractivity contribution in [1.29, 1.82) is 0 Å². The Morgan fingerprint density at radius 3 is 2.00 bits per heavy atom. The fourth-order valence-electron chi connectivity index (χ4n) is 1.05. The lowest BCUT2D eigenvalue weighted by Gasteiger charge is -1.98. The van der Waals surface area contributed by atoms with Gasteiger partial charge in [-0.15, -0.1) is 13.2 Å². The van der Waals surface area contributed by atoms with Crippen molar-refractivity contribution in [3.05, 3.63) is 24.8 Å². The quantitative estimate of drug-likeness (QED) is 0.502. The second-order valence-corrected chi connectivity index (χ2v) is 4.06. The summed E-state index contributed by atoms with van der Waals surface area (Å²) in [5.74, 6) is 0.713. The monoisotopic (exact) mass is 196 g/mol. The van der Waals surface area contributed by atoms with E-state index in [0.717, 1.165) is 0 Å². The van der Waals surface area contributed by atoms with Crippen LogP contribution in [0.2, 0.25) is 0 Å². The highest BCUT2D eigenvalue weighted by Crippen LogP contribution is 2.03. The Bertz CT molecular complexity index is 133. The van der Waals surface area contributed by atoms with Gasteiger partial charge in [-0.25, -0.2) is 0 Å². The van der Waals surface area contributed by atoms with Crippen LogP contribution in [0.25, 0.3) is 0 Å². The van der Waals surface area contributed by atoms with E-state index in [4.69, 9.17) is 0 Å². The molecular weight excluding hydrogens is 168 g/mol. The summed E-state index contributed by atoms with van der Waals surface area (Å²) in [5.41, 5.74) is 1.31. The Labute approximate surface area is 91.1 Å². The van der Waals surface area contributed by atoms with Crippen LogP contribution in [0, 0.1) is 5.92 Å². The van der Waals surface area contributed by atoms with Crippen molar-refractivity contribution < 1.29 is 0 Å². The second kappa shape index (κ2) is 12.5. The molecule has 0 bridgehead atoms. The van der Waals surface area contributed by atoms with Crippen LogP contribution in [0.4, 0.5) is 0 Å². The third-order valence-corrected chi connectivity index (χ3v) is 2.10. The fourth-order valence-corrected chi connectivity index (χ4v) is 1.05. The molecule has 0 radical (unpaired) electrons. The first-order valence-electron chi connectivity index (χ1n) is 5.85. The van der Waals surface area contributed by atoms with E-state index in [0.29, 0.717) is 5.92 Å². The Morgan fingerprint density at radius 2 is 1.86 bits per heavy atom. The molecule has 0 fully saturated rings. The minimum atomic E-state index is 0.713. The number of allylic oxidation sites excluding steroid dienone is 2. The maximum Gasteiger partial charge on any atom is -0.0265 e. The zero-order chi connectivity index (χ0) is 11.4. The van der Waals surface area contributed by atoms with E-state index in [-0.39, 0.29) is 0 Å². The van der Waals surface area contributed by atoms with Crippen LogP contribution in [0.3, 0.4) is 0 Å². The lowest BCUT2D eigenvalue weighted by atomic mass is 10.1. The normalized spacial score (nSPS) is 11.1. The van der Waals surface area contributed by atoms with Gasteiger partial charge in [-0.1, -0.05) is 45.3 Å². The van der Waals surface area contributed by atoms with Crippen molar-refractivity contribution in [2.75, 3.05) is 0 Å². The van der Waals surface area contributed by atoms with E-state index < -0.39 is 0 Å². The molecule has 0 aromatic heterocycles. The first-order valence-corrected chi connectivity index (χ1v) is 5.85. The molecule has 0 aromatic carbocycles. The smallest absolute Gasteiger partial charge is 0.0265 e. The number of hydrogen-bond acceptors (Lipinski definition) is 0. The Kier molecular flexibility index (Phi) is 14.2. The van der Waals surface area contributed by atoms with E-state index in [1.54, 1.807) is 0 Å². The highest BCUT2D eigenvalue weighted by Gasteiger charge is 1.89. The van der Waals surface area contributed by atoms with Crippen LogP contribution in [-0.4, -0.2) is 0 Å². The molecule has 0 spiro atoms. The first-order chi connectivity index (χ1) is 6.58. The number of hydrogen-bond donors (Lipinski definition) is 0. The van der Waals surface area contributed by atoms with Gasteiger partial charge in [-0.3, -0.25) is 0 Å². The van der Waals surface area contributed by atoms with Gasteiger partial charge < -0.3 is 0 Å². The molecule has 84 valence electrons. The molecule has 0 saturated carbocycles. The fraction of sp³-hybridized carbons (Fsp3) is 0.714. The van der Waals surface area contributed by atoms with E-state index in [1.807, 2.05) is 6.08 Å². The maximum atomic E-state index is 3.79. The van der Waals surface area contributed by atoms with Gasteiger partial charge in [0.15, 0.2) is 0 Å². The molecule has 0 aliphatic heterocycles. The van der Waals surface area contributed by atoms with Crippen LogP contribution in [0.1, 0.15) is 59.8 Å². The summed E-state index contributed by atoms with van der Waals surface area (Å²) in [6, 6.07) is 0. The Balaban J connectivity index is 0. The van der Waals surface area contributed by atoms with Gasteiger partial charge >= 0.3 is 0 Å². The topological polar surface area (TPSA) is 0 Å². The maximum absolute atomic E-state index is 3.79. The molecule has 0 N–H and O–H groups in total. The van der Waals surface area contributed by atoms with Gasteiger partial charge in [-0.2, -0.15) is 0 Å². The molecular formula is C14H28. The molecule has 1 unspecified atom stereocenters. The molecule has 0 saturated heterocycles. The van der Waals surface area contributed by atoms with Crippen LogP contribution >= 0.6 is 0 Å². The van der Waals surface area contributed by atoms with Gasteiger partial charge in [0, 0.05) is 0 Å². The highest BCUT2D eigenvalue weighted by molar-refractivity contribution is 4.86. The van der Waals surface area contributed by atoms with E-state index in [1.165, 1.54) is 37.7 Å². The van der Waals surface area contributed by atoms with Gasteiger partial charge in [0.25, 0.3) is 0 Å². The summed E-state index contributed by atoms with van der Waals surface area (Å²) < 4.78 is 0. The standard InChI is InChI=1S/2C7H14/c1-4-5-6-7(2)3;1-4-6-7(3)5-2/h2,4-6H2,1,3H3;5,7H,2,4,6H2,1,3H3. The van der Waals surface area contributed by atoms with Gasteiger partial charge in [0.1, 0.15) is 0 Å². The second-order valence-electron chi connectivity index (χ2n) is 4.06. The van der Waals surface area contributed by atoms with Crippen molar-refractivity contribution in [3.63, 3.8) is 0 Å². The minimum absolute atomic E-state index is 0.713. The van der Waals surface area contributed by atoms with Crippen molar-refractivity contribution in [2.24, 2.45) is 5.92 Å². The van der Waals surface area contributed by atoms with Crippen molar-refractivity contribution in [1.82, 2.24) is 0 Å². The van der Waals surface area contributed by atoms with Gasteiger partial charge in [0.05, 0.1) is 0 Å². The van der Waals surface area contributed by atoms with Crippen LogP contribution in [0.15, 0.2) is 24.8 Å². The molecule has 0 rings (SSSR count). The average Bonchev–Trinajstić information content (AvgIpc) is 2.16.